The molecule has 31 heavy (non-hydrogen) atoms. The van der Waals surface area contributed by atoms with Gasteiger partial charge in [0.25, 0.3) is 0 Å². The Labute approximate surface area is 185 Å². The second-order valence-corrected chi connectivity index (χ2v) is 8.16. The van der Waals surface area contributed by atoms with E-state index >= 15 is 0 Å². The van der Waals surface area contributed by atoms with Gasteiger partial charge in [0, 0.05) is 32.2 Å². The molecule has 1 aromatic carbocycles. The molecule has 8 nitrogen and oxygen atoms in total. The summed E-state index contributed by atoms with van der Waals surface area (Å²) in [6.07, 6.45) is 4.91. The third-order valence-corrected chi connectivity index (χ3v) is 5.85. The fraction of sp³-hybridized carbons (Fsp3) is 0.652. The third kappa shape index (κ3) is 7.94. The van der Waals surface area contributed by atoms with Gasteiger partial charge in [0.15, 0.2) is 5.96 Å². The Morgan fingerprint density at radius 3 is 2.55 bits per heavy atom. The largest absolute Gasteiger partial charge is 0.492 e. The molecule has 0 aliphatic carbocycles. The maximum atomic E-state index is 11.8. The summed E-state index contributed by atoms with van der Waals surface area (Å²) in [7, 11) is 0. The Balaban J connectivity index is 1.31. The number of piperidine rings is 1. The summed E-state index contributed by atoms with van der Waals surface area (Å²) in [6.45, 7) is 8.37. The lowest BCUT2D eigenvalue weighted by Gasteiger charge is -2.31. The summed E-state index contributed by atoms with van der Waals surface area (Å²) in [5, 5.41) is 3.28. The van der Waals surface area contributed by atoms with E-state index in [0.717, 1.165) is 38.2 Å². The molecule has 2 aliphatic heterocycles. The van der Waals surface area contributed by atoms with Crippen LogP contribution in [0.2, 0.25) is 0 Å². The molecule has 2 heterocycles. The molecule has 0 radical (unpaired) electrons. The number of likely N-dealkylation sites (tertiary alicyclic amines) is 2. The quantitative estimate of drug-likeness (QED) is 0.460. The van der Waals surface area contributed by atoms with Crippen molar-refractivity contribution in [2.45, 2.75) is 45.1 Å². The van der Waals surface area contributed by atoms with Gasteiger partial charge < -0.3 is 25.4 Å². The van der Waals surface area contributed by atoms with Crippen LogP contribution in [0.1, 0.15) is 38.2 Å². The molecule has 0 bridgehead atoms. The Morgan fingerprint density at radius 1 is 1.16 bits per heavy atom. The molecule has 8 heteroatoms. The highest BCUT2D eigenvalue weighted by atomic mass is 16.6. The standard InChI is InChI=1S/C23H37N5O3/c1-2-30-23(29)28-15-10-20(11-16-28)26-22(24)25-12-9-19-5-7-21(8-6-19)31-18-17-27-13-3-4-14-27/h5-8,20H,2-4,9-18H2,1H3,(H3,24,25,26). The number of guanidine groups is 1. The van der Waals surface area contributed by atoms with Crippen LogP contribution in [0.3, 0.4) is 0 Å². The fourth-order valence-electron chi connectivity index (χ4n) is 4.03. The maximum Gasteiger partial charge on any atom is 0.409 e. The van der Waals surface area contributed by atoms with E-state index in [0.29, 0.717) is 32.2 Å². The highest BCUT2D eigenvalue weighted by molar-refractivity contribution is 5.78. The molecule has 2 aliphatic rings. The smallest absolute Gasteiger partial charge is 0.409 e. The van der Waals surface area contributed by atoms with Gasteiger partial charge in [0.2, 0.25) is 0 Å². The Bertz CT molecular complexity index is 696. The molecular weight excluding hydrogens is 394 g/mol. The first kappa shape index (κ1) is 23.2. The zero-order valence-corrected chi connectivity index (χ0v) is 18.7. The number of hydrogen-bond acceptors (Lipinski definition) is 5. The van der Waals surface area contributed by atoms with Gasteiger partial charge >= 0.3 is 6.09 Å². The summed E-state index contributed by atoms with van der Waals surface area (Å²) in [6, 6.07) is 8.49. The number of nitrogens with two attached hydrogens (primary N) is 1. The molecule has 0 atom stereocenters. The van der Waals surface area contributed by atoms with Crippen molar-refractivity contribution >= 4 is 12.1 Å². The minimum absolute atomic E-state index is 0.231. The molecule has 172 valence electrons. The molecule has 3 N–H and O–H groups in total. The number of rotatable bonds is 9. The number of carbonyl (C=O) groups excluding carboxylic acids is 1. The van der Waals surface area contributed by atoms with Crippen molar-refractivity contribution in [3.05, 3.63) is 29.8 Å². The molecule has 0 spiro atoms. The van der Waals surface area contributed by atoms with E-state index < -0.39 is 0 Å². The van der Waals surface area contributed by atoms with Crippen LogP contribution in [-0.2, 0) is 11.2 Å². The Morgan fingerprint density at radius 2 is 1.87 bits per heavy atom. The van der Waals surface area contributed by atoms with Crippen LogP contribution in [-0.4, -0.2) is 80.4 Å². The second-order valence-electron chi connectivity index (χ2n) is 8.16. The average molecular weight is 432 g/mol. The molecular formula is C23H37N5O3. The van der Waals surface area contributed by atoms with Crippen molar-refractivity contribution in [3.63, 3.8) is 0 Å². The number of carbonyl (C=O) groups is 1. The van der Waals surface area contributed by atoms with E-state index in [2.05, 4.69) is 27.3 Å². The predicted molar refractivity (Wildman–Crippen MR) is 123 cm³/mol. The monoisotopic (exact) mass is 431 g/mol. The van der Waals surface area contributed by atoms with Crippen LogP contribution >= 0.6 is 0 Å². The fourth-order valence-corrected chi connectivity index (χ4v) is 4.03. The van der Waals surface area contributed by atoms with E-state index in [9.17, 15) is 4.79 Å². The van der Waals surface area contributed by atoms with Crippen LogP contribution in [0.4, 0.5) is 4.79 Å². The lowest BCUT2D eigenvalue weighted by atomic mass is 10.1. The molecule has 2 saturated heterocycles. The highest BCUT2D eigenvalue weighted by Gasteiger charge is 2.23. The van der Waals surface area contributed by atoms with Crippen molar-refractivity contribution in [3.8, 4) is 5.75 Å². The SMILES string of the molecule is CCOC(=O)N1CCC(NC(N)=NCCc2ccc(OCCN3CCCC3)cc2)CC1. The van der Waals surface area contributed by atoms with Crippen LogP contribution in [0.5, 0.6) is 5.75 Å². The van der Waals surface area contributed by atoms with Crippen molar-refractivity contribution in [2.24, 2.45) is 10.7 Å². The summed E-state index contributed by atoms with van der Waals surface area (Å²) in [5.41, 5.74) is 7.27. The molecule has 2 fully saturated rings. The summed E-state index contributed by atoms with van der Waals surface area (Å²) in [4.78, 5) is 20.4. The van der Waals surface area contributed by atoms with Crippen LogP contribution in [0, 0.1) is 0 Å². The Hall–Kier alpha value is -2.48. The predicted octanol–water partition coefficient (Wildman–Crippen LogP) is 2.23. The molecule has 0 unspecified atom stereocenters. The molecule has 0 saturated carbocycles. The number of aliphatic imine (C=N–C) groups is 1. The van der Waals surface area contributed by atoms with Gasteiger partial charge in [-0.3, -0.25) is 9.89 Å². The number of nitrogens with one attached hydrogen (secondary N) is 1. The molecule has 0 aromatic heterocycles. The topological polar surface area (TPSA) is 92.4 Å². The zero-order chi connectivity index (χ0) is 21.9. The first-order valence-corrected chi connectivity index (χ1v) is 11.6. The zero-order valence-electron chi connectivity index (χ0n) is 18.7. The van der Waals surface area contributed by atoms with Gasteiger partial charge in [-0.25, -0.2) is 4.79 Å². The number of ether oxygens (including phenoxy) is 2. The number of benzene rings is 1. The van der Waals surface area contributed by atoms with E-state index in [4.69, 9.17) is 15.2 Å². The van der Waals surface area contributed by atoms with Gasteiger partial charge in [-0.2, -0.15) is 0 Å². The lowest BCUT2D eigenvalue weighted by Crippen LogP contribution is -2.48. The van der Waals surface area contributed by atoms with Gasteiger partial charge in [-0.05, 0) is 69.8 Å². The summed E-state index contributed by atoms with van der Waals surface area (Å²) in [5.74, 6) is 1.39. The minimum atomic E-state index is -0.231. The number of nitrogens with zero attached hydrogens (tertiary/aromatic N) is 3. The van der Waals surface area contributed by atoms with Gasteiger partial charge in [0.05, 0.1) is 6.61 Å². The van der Waals surface area contributed by atoms with Gasteiger partial charge in [-0.15, -0.1) is 0 Å². The summed E-state index contributed by atoms with van der Waals surface area (Å²) >= 11 is 0. The minimum Gasteiger partial charge on any atom is -0.492 e. The average Bonchev–Trinajstić information content (AvgIpc) is 3.29. The Kier molecular flexibility index (Phi) is 9.27. The summed E-state index contributed by atoms with van der Waals surface area (Å²) < 4.78 is 10.9. The van der Waals surface area contributed by atoms with Crippen molar-refractivity contribution in [1.82, 2.24) is 15.1 Å². The van der Waals surface area contributed by atoms with Crippen LogP contribution < -0.4 is 15.8 Å². The van der Waals surface area contributed by atoms with Crippen LogP contribution in [0.25, 0.3) is 0 Å². The van der Waals surface area contributed by atoms with E-state index in [1.807, 2.05) is 19.1 Å². The van der Waals surface area contributed by atoms with Gasteiger partial charge in [-0.1, -0.05) is 12.1 Å². The molecule has 1 amide bonds. The van der Waals surface area contributed by atoms with Crippen molar-refractivity contribution < 1.29 is 14.3 Å². The normalized spacial score (nSPS) is 18.2. The van der Waals surface area contributed by atoms with Crippen LogP contribution in [0.15, 0.2) is 29.3 Å². The van der Waals surface area contributed by atoms with Crippen molar-refractivity contribution in [1.29, 1.82) is 0 Å². The number of amides is 1. The number of hydrogen-bond donors (Lipinski definition) is 2. The van der Waals surface area contributed by atoms with E-state index in [-0.39, 0.29) is 12.1 Å². The maximum absolute atomic E-state index is 11.8. The van der Waals surface area contributed by atoms with E-state index in [1.165, 1.54) is 31.5 Å². The second kappa shape index (κ2) is 12.4. The first-order valence-electron chi connectivity index (χ1n) is 11.6. The van der Waals surface area contributed by atoms with Gasteiger partial charge in [0.1, 0.15) is 12.4 Å². The highest BCUT2D eigenvalue weighted by Crippen LogP contribution is 2.14. The molecule has 1 aromatic rings. The third-order valence-electron chi connectivity index (χ3n) is 5.85. The van der Waals surface area contributed by atoms with Crippen molar-refractivity contribution in [2.75, 3.05) is 52.5 Å². The first-order chi connectivity index (χ1) is 15.1. The lowest BCUT2D eigenvalue weighted by molar-refractivity contribution is 0.0963. The van der Waals surface area contributed by atoms with E-state index in [1.54, 1.807) is 4.90 Å². The molecule has 3 rings (SSSR count).